The fraction of sp³-hybridized carbons (Fsp3) is 0.294. The van der Waals surface area contributed by atoms with Crippen LogP contribution in [0.1, 0.15) is 12.6 Å². The Bertz CT molecular complexity index is 882. The van der Waals surface area contributed by atoms with Gasteiger partial charge in [-0.15, -0.1) is 0 Å². The molecule has 0 radical (unpaired) electrons. The molecule has 0 aliphatic carbocycles. The number of hydrogen-bond acceptors (Lipinski definition) is 6. The first-order valence-electron chi connectivity index (χ1n) is 8.12. The topological polar surface area (TPSA) is 98.0 Å². The molecule has 2 heterocycles. The summed E-state index contributed by atoms with van der Waals surface area (Å²) in [5.74, 6) is -0.766. The van der Waals surface area contributed by atoms with E-state index in [4.69, 9.17) is 4.74 Å². The lowest BCUT2D eigenvalue weighted by Crippen LogP contribution is -2.33. The number of carbonyl (C=O) groups is 2. The monoisotopic (exact) mass is 375 g/mol. The smallest absolute Gasteiger partial charge is 0.414 e. The van der Waals surface area contributed by atoms with Crippen LogP contribution in [0, 0.1) is 5.82 Å². The number of nitrogens with zero attached hydrogens (tertiary/aromatic N) is 4. The van der Waals surface area contributed by atoms with E-state index in [1.165, 1.54) is 42.0 Å². The highest BCUT2D eigenvalue weighted by atomic mass is 19.1. The summed E-state index contributed by atoms with van der Waals surface area (Å²) < 4.78 is 21.1. The molecule has 10 heteroatoms. The van der Waals surface area contributed by atoms with Gasteiger partial charge in [0.2, 0.25) is 5.91 Å². The van der Waals surface area contributed by atoms with Crippen molar-refractivity contribution in [1.29, 1.82) is 0 Å². The number of benzene rings is 1. The molecule has 0 bridgehead atoms. The molecule has 2 amide bonds. The van der Waals surface area contributed by atoms with Crippen LogP contribution in [0.3, 0.4) is 0 Å². The van der Waals surface area contributed by atoms with Crippen molar-refractivity contribution in [2.24, 2.45) is 5.16 Å². The molecule has 142 valence electrons. The van der Waals surface area contributed by atoms with E-state index in [-0.39, 0.29) is 24.7 Å². The van der Waals surface area contributed by atoms with Crippen LogP contribution < -0.4 is 10.2 Å². The van der Waals surface area contributed by atoms with Crippen molar-refractivity contribution < 1.29 is 23.6 Å². The van der Waals surface area contributed by atoms with Crippen LogP contribution in [0.4, 0.5) is 14.9 Å². The van der Waals surface area contributed by atoms with E-state index >= 15 is 0 Å². The van der Waals surface area contributed by atoms with Crippen molar-refractivity contribution in [3.05, 3.63) is 42.0 Å². The van der Waals surface area contributed by atoms with Crippen molar-refractivity contribution in [2.75, 3.05) is 25.1 Å². The van der Waals surface area contributed by atoms with Gasteiger partial charge in [0.05, 0.1) is 25.0 Å². The first-order valence-corrected chi connectivity index (χ1v) is 8.12. The number of amides is 2. The Labute approximate surface area is 154 Å². The van der Waals surface area contributed by atoms with Crippen molar-refractivity contribution in [2.45, 2.75) is 13.0 Å². The molecule has 27 heavy (non-hydrogen) atoms. The van der Waals surface area contributed by atoms with Crippen LogP contribution in [0.2, 0.25) is 0 Å². The van der Waals surface area contributed by atoms with E-state index in [2.05, 4.69) is 20.4 Å². The fourth-order valence-electron chi connectivity index (χ4n) is 2.59. The highest BCUT2D eigenvalue weighted by Crippen LogP contribution is 2.25. The zero-order valence-corrected chi connectivity index (χ0v) is 14.8. The lowest BCUT2D eigenvalue weighted by molar-refractivity contribution is -0.119. The average Bonchev–Trinajstić information content (AvgIpc) is 3.24. The number of hydrogen-bond donors (Lipinski definition) is 1. The third-order valence-corrected chi connectivity index (χ3v) is 3.84. The van der Waals surface area contributed by atoms with Gasteiger partial charge in [0.1, 0.15) is 24.6 Å². The summed E-state index contributed by atoms with van der Waals surface area (Å²) in [5.41, 5.74) is 1.09. The van der Waals surface area contributed by atoms with Gasteiger partial charge >= 0.3 is 6.09 Å². The van der Waals surface area contributed by atoms with Gasteiger partial charge in [0.15, 0.2) is 5.82 Å². The summed E-state index contributed by atoms with van der Waals surface area (Å²) in [5, 5.41) is 10.4. The molecule has 9 nitrogen and oxygen atoms in total. The van der Waals surface area contributed by atoms with Crippen LogP contribution >= 0.6 is 0 Å². The van der Waals surface area contributed by atoms with Crippen LogP contribution in [-0.2, 0) is 14.4 Å². The van der Waals surface area contributed by atoms with Gasteiger partial charge in [0.25, 0.3) is 0 Å². The predicted molar refractivity (Wildman–Crippen MR) is 94.4 cm³/mol. The van der Waals surface area contributed by atoms with Gasteiger partial charge < -0.3 is 14.9 Å². The summed E-state index contributed by atoms with van der Waals surface area (Å²) in [7, 11) is 1.41. The van der Waals surface area contributed by atoms with Crippen LogP contribution in [0.5, 0.6) is 0 Å². The molecule has 3 rings (SSSR count). The van der Waals surface area contributed by atoms with E-state index in [9.17, 15) is 14.0 Å². The van der Waals surface area contributed by atoms with Crippen LogP contribution in [0.25, 0.3) is 5.69 Å². The minimum Gasteiger partial charge on any atom is -0.442 e. The zero-order chi connectivity index (χ0) is 19.4. The summed E-state index contributed by atoms with van der Waals surface area (Å²) >= 11 is 0. The maximum absolute atomic E-state index is 14.6. The standard InChI is InChI=1S/C17H18FN5O4/c1-11(24)19-9-14-10-22(17(25)27-14)13-3-4-16(15(18)7-13)23-6-5-12(21-23)8-20-26-2/h3-8,14H,9-10H2,1-2H3,(H,19,24). The molecule has 1 aromatic heterocycles. The second kappa shape index (κ2) is 7.85. The van der Waals surface area contributed by atoms with Gasteiger partial charge in [-0.1, -0.05) is 5.16 Å². The maximum atomic E-state index is 14.6. The molecular weight excluding hydrogens is 357 g/mol. The summed E-state index contributed by atoms with van der Waals surface area (Å²) in [6.07, 6.45) is 1.91. The molecule has 1 atom stereocenters. The Morgan fingerprint density at radius 2 is 2.33 bits per heavy atom. The van der Waals surface area contributed by atoms with Gasteiger partial charge in [-0.05, 0) is 24.3 Å². The second-order valence-electron chi connectivity index (χ2n) is 5.79. The minimum absolute atomic E-state index is 0.206. The highest BCUT2D eigenvalue weighted by molar-refractivity contribution is 5.90. The predicted octanol–water partition coefficient (Wildman–Crippen LogP) is 1.45. The molecular formula is C17H18FN5O4. The van der Waals surface area contributed by atoms with E-state index in [1.54, 1.807) is 18.3 Å². The Morgan fingerprint density at radius 3 is 3.04 bits per heavy atom. The molecule has 2 aromatic rings. The number of aromatic nitrogens is 2. The van der Waals surface area contributed by atoms with E-state index in [0.717, 1.165) is 0 Å². The Balaban J connectivity index is 1.75. The molecule has 1 unspecified atom stereocenters. The fourth-order valence-corrected chi connectivity index (χ4v) is 2.59. The molecule has 1 aromatic carbocycles. The quantitative estimate of drug-likeness (QED) is 0.609. The first kappa shape index (κ1) is 18.4. The highest BCUT2D eigenvalue weighted by Gasteiger charge is 2.32. The van der Waals surface area contributed by atoms with Crippen molar-refractivity contribution in [3.8, 4) is 5.69 Å². The zero-order valence-electron chi connectivity index (χ0n) is 14.8. The molecule has 1 aliphatic rings. The van der Waals surface area contributed by atoms with Crippen molar-refractivity contribution in [3.63, 3.8) is 0 Å². The summed E-state index contributed by atoms with van der Waals surface area (Å²) in [4.78, 5) is 28.9. The second-order valence-corrected chi connectivity index (χ2v) is 5.79. The largest absolute Gasteiger partial charge is 0.442 e. The van der Waals surface area contributed by atoms with Gasteiger partial charge in [-0.2, -0.15) is 5.10 Å². The Morgan fingerprint density at radius 1 is 1.52 bits per heavy atom. The van der Waals surface area contributed by atoms with E-state index < -0.39 is 18.0 Å². The third-order valence-electron chi connectivity index (χ3n) is 3.84. The van der Waals surface area contributed by atoms with Crippen molar-refractivity contribution in [1.82, 2.24) is 15.1 Å². The van der Waals surface area contributed by atoms with Crippen molar-refractivity contribution >= 4 is 23.9 Å². The molecule has 1 fully saturated rings. The van der Waals surface area contributed by atoms with Gasteiger partial charge in [0, 0.05) is 13.1 Å². The third kappa shape index (κ3) is 4.22. The summed E-state index contributed by atoms with van der Waals surface area (Å²) in [6, 6.07) is 6.01. The minimum atomic E-state index is -0.588. The number of oxime groups is 1. The maximum Gasteiger partial charge on any atom is 0.414 e. The number of ether oxygens (including phenoxy) is 1. The van der Waals surface area contributed by atoms with Gasteiger partial charge in [-0.3, -0.25) is 9.69 Å². The summed E-state index contributed by atoms with van der Waals surface area (Å²) in [6.45, 7) is 1.80. The lowest BCUT2D eigenvalue weighted by atomic mass is 10.2. The normalized spacial score (nSPS) is 16.6. The first-order chi connectivity index (χ1) is 13.0. The number of nitrogens with one attached hydrogen (secondary N) is 1. The molecule has 0 spiro atoms. The van der Waals surface area contributed by atoms with Crippen LogP contribution in [0.15, 0.2) is 35.6 Å². The van der Waals surface area contributed by atoms with Gasteiger partial charge in [-0.25, -0.2) is 13.9 Å². The van der Waals surface area contributed by atoms with Crippen LogP contribution in [-0.4, -0.2) is 54.3 Å². The average molecular weight is 375 g/mol. The van der Waals surface area contributed by atoms with E-state index in [1.807, 2.05) is 0 Å². The number of anilines is 1. The van der Waals surface area contributed by atoms with E-state index in [0.29, 0.717) is 11.4 Å². The Kier molecular flexibility index (Phi) is 5.34. The number of rotatable bonds is 6. The number of halogens is 1. The molecule has 1 aliphatic heterocycles. The lowest BCUT2D eigenvalue weighted by Gasteiger charge is -2.14. The molecule has 1 N–H and O–H groups in total. The SMILES string of the molecule is CON=Cc1ccn(-c2ccc(N3CC(CNC(C)=O)OC3=O)cc2F)n1. The molecule has 1 saturated heterocycles. The number of cyclic esters (lactones) is 1. The Hall–Kier alpha value is -3.43. The molecule has 0 saturated carbocycles. The number of carbonyl (C=O) groups excluding carboxylic acids is 2.